The van der Waals surface area contributed by atoms with Gasteiger partial charge in [-0.15, -0.1) is 0 Å². The number of ether oxygens (including phenoxy) is 1. The maximum atomic E-state index is 12.8. The van der Waals surface area contributed by atoms with Crippen LogP contribution in [0.3, 0.4) is 0 Å². The third-order valence-electron chi connectivity index (χ3n) is 4.55. The van der Waals surface area contributed by atoms with E-state index < -0.39 is 21.8 Å². The van der Waals surface area contributed by atoms with Gasteiger partial charge in [-0.05, 0) is 36.2 Å². The van der Waals surface area contributed by atoms with Gasteiger partial charge in [-0.2, -0.15) is 13.2 Å². The molecule has 1 aliphatic heterocycles. The van der Waals surface area contributed by atoms with Crippen molar-refractivity contribution in [3.05, 3.63) is 53.6 Å². The van der Waals surface area contributed by atoms with E-state index in [1.807, 2.05) is 0 Å². The van der Waals surface area contributed by atoms with Crippen LogP contribution in [-0.4, -0.2) is 28.0 Å². The highest BCUT2D eigenvalue weighted by molar-refractivity contribution is 7.89. The molecule has 1 N–H and O–H groups in total. The number of halogens is 3. The third-order valence-corrected chi connectivity index (χ3v) is 5.94. The summed E-state index contributed by atoms with van der Waals surface area (Å²) in [6, 6.07) is 8.52. The van der Waals surface area contributed by atoms with E-state index in [1.165, 1.54) is 42.3 Å². The normalized spacial score (nSPS) is 15.0. The van der Waals surface area contributed by atoms with Crippen LogP contribution < -0.4 is 14.4 Å². The van der Waals surface area contributed by atoms with Gasteiger partial charge >= 0.3 is 6.18 Å². The Morgan fingerprint density at radius 1 is 1.17 bits per heavy atom. The molecule has 0 unspecified atom stereocenters. The summed E-state index contributed by atoms with van der Waals surface area (Å²) in [5.74, 6) is 0.229. The molecule has 1 heterocycles. The van der Waals surface area contributed by atoms with Crippen LogP contribution in [0.4, 0.5) is 18.9 Å². The lowest BCUT2D eigenvalue weighted by Gasteiger charge is -2.20. The number of rotatable bonds is 6. The molecule has 0 aromatic heterocycles. The Morgan fingerprint density at radius 2 is 1.93 bits per heavy atom. The molecule has 10 heteroatoms. The van der Waals surface area contributed by atoms with Gasteiger partial charge in [0.1, 0.15) is 5.75 Å². The number of benzene rings is 2. The lowest BCUT2D eigenvalue weighted by molar-refractivity contribution is -0.137. The van der Waals surface area contributed by atoms with Crippen LogP contribution in [0.25, 0.3) is 0 Å². The van der Waals surface area contributed by atoms with Gasteiger partial charge in [0.25, 0.3) is 0 Å². The van der Waals surface area contributed by atoms with E-state index in [9.17, 15) is 26.4 Å². The van der Waals surface area contributed by atoms with E-state index in [1.54, 1.807) is 0 Å². The van der Waals surface area contributed by atoms with Gasteiger partial charge in [0, 0.05) is 19.5 Å². The van der Waals surface area contributed by atoms with Crippen LogP contribution in [0.5, 0.6) is 5.75 Å². The van der Waals surface area contributed by atoms with Gasteiger partial charge < -0.3 is 9.64 Å². The van der Waals surface area contributed by atoms with Gasteiger partial charge in [0.2, 0.25) is 15.9 Å². The number of sulfonamides is 1. The SMILES string of the molecule is COc1ccc(S(=O)(=O)NCc2cccc(C(F)(F)F)c2)cc1N1CCCC1=O. The molecule has 0 atom stereocenters. The molecule has 1 aliphatic rings. The number of hydrogen-bond acceptors (Lipinski definition) is 4. The minimum Gasteiger partial charge on any atom is -0.495 e. The van der Waals surface area contributed by atoms with Crippen molar-refractivity contribution in [3.63, 3.8) is 0 Å². The van der Waals surface area contributed by atoms with Gasteiger partial charge in [-0.1, -0.05) is 18.2 Å². The summed E-state index contributed by atoms with van der Waals surface area (Å²) in [4.78, 5) is 13.4. The lowest BCUT2D eigenvalue weighted by Crippen LogP contribution is -2.26. The predicted octanol–water partition coefficient (Wildman–Crippen LogP) is 3.32. The fraction of sp³-hybridized carbons (Fsp3) is 0.316. The summed E-state index contributed by atoms with van der Waals surface area (Å²) in [6.07, 6.45) is -3.48. The van der Waals surface area contributed by atoms with E-state index in [0.717, 1.165) is 12.1 Å². The second kappa shape index (κ2) is 8.03. The molecule has 156 valence electrons. The first kappa shape index (κ1) is 21.1. The molecule has 1 amide bonds. The third kappa shape index (κ3) is 4.70. The van der Waals surface area contributed by atoms with Crippen molar-refractivity contribution in [2.75, 3.05) is 18.6 Å². The molecule has 3 rings (SSSR count). The summed E-state index contributed by atoms with van der Waals surface area (Å²) in [5.41, 5.74) is -0.336. The van der Waals surface area contributed by atoms with Gasteiger partial charge in [-0.25, -0.2) is 13.1 Å². The molecule has 0 bridgehead atoms. The zero-order valence-electron chi connectivity index (χ0n) is 15.5. The van der Waals surface area contributed by atoms with Crippen LogP contribution in [0.1, 0.15) is 24.0 Å². The molecule has 0 spiro atoms. The minimum absolute atomic E-state index is 0.111. The molecule has 2 aromatic rings. The van der Waals surface area contributed by atoms with Gasteiger partial charge in [0.15, 0.2) is 0 Å². The average Bonchev–Trinajstić information content (AvgIpc) is 3.11. The summed E-state index contributed by atoms with van der Waals surface area (Å²) in [7, 11) is -2.61. The largest absolute Gasteiger partial charge is 0.495 e. The molecule has 0 saturated carbocycles. The Balaban J connectivity index is 1.84. The van der Waals surface area contributed by atoms with E-state index in [0.29, 0.717) is 30.8 Å². The molecule has 1 fully saturated rings. The molecule has 2 aromatic carbocycles. The number of nitrogens with zero attached hydrogens (tertiary/aromatic N) is 1. The van der Waals surface area contributed by atoms with Crippen molar-refractivity contribution in [2.45, 2.75) is 30.5 Å². The molecule has 29 heavy (non-hydrogen) atoms. The first-order chi connectivity index (χ1) is 13.6. The maximum Gasteiger partial charge on any atom is 0.416 e. The number of nitrogens with one attached hydrogen (secondary N) is 1. The van der Waals surface area contributed by atoms with Crippen LogP contribution in [-0.2, 0) is 27.5 Å². The lowest BCUT2D eigenvalue weighted by atomic mass is 10.1. The topological polar surface area (TPSA) is 75.7 Å². The first-order valence-electron chi connectivity index (χ1n) is 8.76. The predicted molar refractivity (Wildman–Crippen MR) is 100 cm³/mol. The van der Waals surface area contributed by atoms with E-state index in [2.05, 4.69) is 4.72 Å². The monoisotopic (exact) mass is 428 g/mol. The standard InChI is InChI=1S/C19H19F3N2O4S/c1-28-17-8-7-15(11-16(17)24-9-3-6-18(24)25)29(26,27)23-12-13-4-2-5-14(10-13)19(20,21)22/h2,4-5,7-8,10-11,23H,3,6,9,12H2,1H3. The Kier molecular flexibility index (Phi) is 5.85. The quantitative estimate of drug-likeness (QED) is 0.766. The zero-order valence-corrected chi connectivity index (χ0v) is 16.3. The second-order valence-electron chi connectivity index (χ2n) is 6.51. The second-order valence-corrected chi connectivity index (χ2v) is 8.27. The number of hydrogen-bond donors (Lipinski definition) is 1. The molecule has 6 nitrogen and oxygen atoms in total. The highest BCUT2D eigenvalue weighted by Crippen LogP contribution is 2.34. The van der Waals surface area contributed by atoms with Crippen molar-refractivity contribution in [2.24, 2.45) is 0 Å². The van der Waals surface area contributed by atoms with Gasteiger partial charge in [0.05, 0.1) is 23.3 Å². The Labute approximate surface area is 166 Å². The smallest absolute Gasteiger partial charge is 0.416 e. The Hall–Kier alpha value is -2.59. The minimum atomic E-state index is -4.51. The Morgan fingerprint density at radius 3 is 2.55 bits per heavy atom. The average molecular weight is 428 g/mol. The number of amides is 1. The van der Waals surface area contributed by atoms with Crippen molar-refractivity contribution in [3.8, 4) is 5.75 Å². The van der Waals surface area contributed by atoms with Crippen LogP contribution in [0.15, 0.2) is 47.4 Å². The molecule has 0 aliphatic carbocycles. The molecule has 1 saturated heterocycles. The van der Waals surface area contributed by atoms with E-state index >= 15 is 0 Å². The van der Waals surface area contributed by atoms with Crippen molar-refractivity contribution in [1.29, 1.82) is 0 Å². The van der Waals surface area contributed by atoms with Crippen molar-refractivity contribution >= 4 is 21.6 Å². The number of methoxy groups -OCH3 is 1. The summed E-state index contributed by atoms with van der Waals surface area (Å²) < 4.78 is 71.3. The van der Waals surface area contributed by atoms with Crippen LogP contribution in [0, 0.1) is 0 Å². The molecule has 0 radical (unpaired) electrons. The fourth-order valence-electron chi connectivity index (χ4n) is 3.07. The summed E-state index contributed by atoms with van der Waals surface area (Å²) in [6.45, 7) is 0.145. The molecular formula is C19H19F3N2O4S. The zero-order chi connectivity index (χ0) is 21.2. The van der Waals surface area contributed by atoms with E-state index in [-0.39, 0.29) is 22.9 Å². The van der Waals surface area contributed by atoms with Crippen LogP contribution in [0.2, 0.25) is 0 Å². The maximum absolute atomic E-state index is 12.8. The first-order valence-corrected chi connectivity index (χ1v) is 10.2. The van der Waals surface area contributed by atoms with E-state index in [4.69, 9.17) is 4.74 Å². The fourth-order valence-corrected chi connectivity index (χ4v) is 4.11. The number of alkyl halides is 3. The Bertz CT molecular complexity index is 1020. The number of anilines is 1. The highest BCUT2D eigenvalue weighted by Gasteiger charge is 2.30. The van der Waals surface area contributed by atoms with Crippen molar-refractivity contribution in [1.82, 2.24) is 4.72 Å². The van der Waals surface area contributed by atoms with Crippen molar-refractivity contribution < 1.29 is 31.1 Å². The number of carbonyl (C=O) groups is 1. The highest BCUT2D eigenvalue weighted by atomic mass is 32.2. The summed E-state index contributed by atoms with van der Waals surface area (Å²) >= 11 is 0. The summed E-state index contributed by atoms with van der Waals surface area (Å²) in [5, 5.41) is 0. The van der Waals surface area contributed by atoms with Crippen LogP contribution >= 0.6 is 0 Å². The van der Waals surface area contributed by atoms with Gasteiger partial charge in [-0.3, -0.25) is 4.79 Å². The molecular weight excluding hydrogens is 409 g/mol. The number of carbonyl (C=O) groups excluding carboxylic acids is 1.